The Morgan fingerprint density at radius 3 is 2.12 bits per heavy atom. The number of carbonyl (C=O) groups is 1. The Labute approximate surface area is 99.4 Å². The van der Waals surface area contributed by atoms with E-state index in [-0.39, 0.29) is 11.3 Å². The lowest BCUT2D eigenvalue weighted by Gasteiger charge is -2.35. The van der Waals surface area contributed by atoms with Gasteiger partial charge in [-0.05, 0) is 25.7 Å². The highest BCUT2D eigenvalue weighted by atomic mass is 16.2. The van der Waals surface area contributed by atoms with Crippen molar-refractivity contribution < 1.29 is 4.79 Å². The molecule has 0 atom stereocenters. The molecule has 1 aliphatic carbocycles. The lowest BCUT2D eigenvalue weighted by molar-refractivity contribution is -0.141. The van der Waals surface area contributed by atoms with E-state index < -0.39 is 0 Å². The third-order valence-corrected chi connectivity index (χ3v) is 3.72. The largest absolute Gasteiger partial charge is 0.342 e. The van der Waals surface area contributed by atoms with Crippen molar-refractivity contribution in [3.05, 3.63) is 0 Å². The highest BCUT2D eigenvalue weighted by Gasteiger charge is 2.41. The molecule has 0 unspecified atom stereocenters. The van der Waals surface area contributed by atoms with Crippen LogP contribution in [0.3, 0.4) is 0 Å². The summed E-state index contributed by atoms with van der Waals surface area (Å²) in [7, 11) is 1.94. The first-order valence-corrected chi connectivity index (χ1v) is 6.58. The Bertz CT molecular complexity index is 230. The number of hydrogen-bond donors (Lipinski definition) is 1. The maximum atomic E-state index is 12.5. The van der Waals surface area contributed by atoms with Crippen LogP contribution in [0.15, 0.2) is 0 Å². The first-order chi connectivity index (χ1) is 7.61. The van der Waals surface area contributed by atoms with Gasteiger partial charge in [-0.1, -0.05) is 26.7 Å². The van der Waals surface area contributed by atoms with Gasteiger partial charge in [0.05, 0.1) is 5.41 Å². The molecule has 0 aliphatic heterocycles. The average Bonchev–Trinajstić information content (AvgIpc) is 3.10. The van der Waals surface area contributed by atoms with Crippen molar-refractivity contribution in [2.45, 2.75) is 58.4 Å². The standard InChI is InChI=1S/C13H26N2O/c1-4-8-13(10-14,9-5-2)12(16)15(3)11-6-7-11/h11H,4-10,14H2,1-3H3. The summed E-state index contributed by atoms with van der Waals surface area (Å²) in [5, 5.41) is 0. The summed E-state index contributed by atoms with van der Waals surface area (Å²) in [5.74, 6) is 0.279. The van der Waals surface area contributed by atoms with Crippen molar-refractivity contribution in [3.63, 3.8) is 0 Å². The van der Waals surface area contributed by atoms with Crippen LogP contribution in [-0.4, -0.2) is 30.4 Å². The maximum Gasteiger partial charge on any atom is 0.230 e. The van der Waals surface area contributed by atoms with Crippen molar-refractivity contribution in [1.29, 1.82) is 0 Å². The van der Waals surface area contributed by atoms with E-state index in [1.807, 2.05) is 11.9 Å². The van der Waals surface area contributed by atoms with Crippen LogP contribution >= 0.6 is 0 Å². The molecule has 0 spiro atoms. The third kappa shape index (κ3) is 2.76. The minimum absolute atomic E-state index is 0.279. The smallest absolute Gasteiger partial charge is 0.230 e. The van der Waals surface area contributed by atoms with E-state index in [9.17, 15) is 4.79 Å². The fourth-order valence-electron chi connectivity index (χ4n) is 2.59. The fourth-order valence-corrected chi connectivity index (χ4v) is 2.59. The van der Waals surface area contributed by atoms with E-state index in [2.05, 4.69) is 13.8 Å². The van der Waals surface area contributed by atoms with Crippen molar-refractivity contribution in [1.82, 2.24) is 4.90 Å². The Balaban J connectivity index is 2.75. The van der Waals surface area contributed by atoms with Crippen molar-refractivity contribution >= 4 is 5.91 Å². The number of rotatable bonds is 7. The average molecular weight is 226 g/mol. The lowest BCUT2D eigenvalue weighted by atomic mass is 9.78. The van der Waals surface area contributed by atoms with Crippen LogP contribution in [0, 0.1) is 5.41 Å². The third-order valence-electron chi connectivity index (χ3n) is 3.72. The zero-order valence-corrected chi connectivity index (χ0v) is 11.0. The van der Waals surface area contributed by atoms with Gasteiger partial charge in [0.2, 0.25) is 5.91 Å². The first-order valence-electron chi connectivity index (χ1n) is 6.58. The first kappa shape index (κ1) is 13.5. The number of hydrogen-bond acceptors (Lipinski definition) is 2. The number of nitrogens with two attached hydrogens (primary N) is 1. The number of nitrogens with zero attached hydrogens (tertiary/aromatic N) is 1. The van der Waals surface area contributed by atoms with Gasteiger partial charge in [0.15, 0.2) is 0 Å². The van der Waals surface area contributed by atoms with Gasteiger partial charge in [0.1, 0.15) is 0 Å². The Hall–Kier alpha value is -0.570. The van der Waals surface area contributed by atoms with E-state index in [0.29, 0.717) is 12.6 Å². The van der Waals surface area contributed by atoms with Gasteiger partial charge in [0, 0.05) is 19.6 Å². The second-order valence-electron chi connectivity index (χ2n) is 5.13. The van der Waals surface area contributed by atoms with Crippen molar-refractivity contribution in [3.8, 4) is 0 Å². The second kappa shape index (κ2) is 5.67. The molecule has 0 saturated heterocycles. The van der Waals surface area contributed by atoms with Gasteiger partial charge in [-0.15, -0.1) is 0 Å². The predicted molar refractivity (Wildman–Crippen MR) is 67.1 cm³/mol. The van der Waals surface area contributed by atoms with Crippen molar-refractivity contribution in [2.24, 2.45) is 11.1 Å². The predicted octanol–water partition coefficient (Wildman–Crippen LogP) is 2.15. The summed E-state index contributed by atoms with van der Waals surface area (Å²) in [6, 6.07) is 0.493. The van der Waals surface area contributed by atoms with Crippen LogP contribution in [0.1, 0.15) is 52.4 Å². The van der Waals surface area contributed by atoms with Crippen LogP contribution in [0.5, 0.6) is 0 Å². The van der Waals surface area contributed by atoms with E-state index in [1.165, 1.54) is 12.8 Å². The molecule has 3 heteroatoms. The van der Waals surface area contributed by atoms with Crippen LogP contribution < -0.4 is 5.73 Å². The highest BCUT2D eigenvalue weighted by molar-refractivity contribution is 5.83. The monoisotopic (exact) mass is 226 g/mol. The second-order valence-corrected chi connectivity index (χ2v) is 5.13. The summed E-state index contributed by atoms with van der Waals surface area (Å²) in [4.78, 5) is 14.4. The van der Waals surface area contributed by atoms with E-state index in [4.69, 9.17) is 5.73 Å². The zero-order chi connectivity index (χ0) is 12.2. The maximum absolute atomic E-state index is 12.5. The highest BCUT2D eigenvalue weighted by Crippen LogP contribution is 2.35. The Morgan fingerprint density at radius 1 is 1.31 bits per heavy atom. The molecule has 1 amide bonds. The minimum Gasteiger partial charge on any atom is -0.342 e. The van der Waals surface area contributed by atoms with E-state index >= 15 is 0 Å². The molecule has 0 aromatic heterocycles. The van der Waals surface area contributed by atoms with Gasteiger partial charge in [-0.3, -0.25) is 4.79 Å². The molecule has 1 saturated carbocycles. The van der Waals surface area contributed by atoms with Gasteiger partial charge < -0.3 is 10.6 Å². The van der Waals surface area contributed by atoms with E-state index in [1.54, 1.807) is 0 Å². The van der Waals surface area contributed by atoms with Crippen molar-refractivity contribution in [2.75, 3.05) is 13.6 Å². The van der Waals surface area contributed by atoms with E-state index in [0.717, 1.165) is 25.7 Å². The Kier molecular flexibility index (Phi) is 4.78. The molecular weight excluding hydrogens is 200 g/mol. The molecule has 0 radical (unpaired) electrons. The summed E-state index contributed by atoms with van der Waals surface area (Å²) in [6.07, 6.45) is 6.24. The molecule has 0 heterocycles. The van der Waals surface area contributed by atoms with Crippen LogP contribution in [-0.2, 0) is 4.79 Å². The van der Waals surface area contributed by atoms with Gasteiger partial charge in [-0.2, -0.15) is 0 Å². The SMILES string of the molecule is CCCC(CN)(CCC)C(=O)N(C)C1CC1. The fraction of sp³-hybridized carbons (Fsp3) is 0.923. The van der Waals surface area contributed by atoms with Gasteiger partial charge >= 0.3 is 0 Å². The summed E-state index contributed by atoms with van der Waals surface area (Å²) < 4.78 is 0. The molecule has 1 fully saturated rings. The molecular formula is C13H26N2O. The van der Waals surface area contributed by atoms with Crippen LogP contribution in [0.4, 0.5) is 0 Å². The zero-order valence-electron chi connectivity index (χ0n) is 11.0. The molecule has 94 valence electrons. The Morgan fingerprint density at radius 2 is 1.81 bits per heavy atom. The quantitative estimate of drug-likeness (QED) is 0.723. The molecule has 16 heavy (non-hydrogen) atoms. The lowest BCUT2D eigenvalue weighted by Crippen LogP contribution is -2.47. The normalized spacial score (nSPS) is 16.2. The number of carbonyl (C=O) groups excluding carboxylic acids is 1. The molecule has 0 aromatic carbocycles. The molecule has 3 nitrogen and oxygen atoms in total. The van der Waals surface area contributed by atoms with Crippen LogP contribution in [0.25, 0.3) is 0 Å². The summed E-state index contributed by atoms with van der Waals surface area (Å²) >= 11 is 0. The number of amides is 1. The minimum atomic E-state index is -0.291. The molecule has 0 aromatic rings. The van der Waals surface area contributed by atoms with Gasteiger partial charge in [0.25, 0.3) is 0 Å². The summed E-state index contributed by atoms with van der Waals surface area (Å²) in [5.41, 5.74) is 5.60. The topological polar surface area (TPSA) is 46.3 Å². The van der Waals surface area contributed by atoms with Gasteiger partial charge in [-0.25, -0.2) is 0 Å². The van der Waals surface area contributed by atoms with Crippen LogP contribution in [0.2, 0.25) is 0 Å². The summed E-state index contributed by atoms with van der Waals surface area (Å²) in [6.45, 7) is 4.75. The molecule has 2 N–H and O–H groups in total. The molecule has 1 aliphatic rings. The molecule has 0 bridgehead atoms. The molecule has 1 rings (SSSR count).